The molecule has 32 heavy (non-hydrogen) atoms. The van der Waals surface area contributed by atoms with Gasteiger partial charge in [0.05, 0.1) is 19.1 Å². The Hall–Kier alpha value is -2.78. The molecule has 10 heteroatoms. The summed E-state index contributed by atoms with van der Waals surface area (Å²) in [7, 11) is -2.24. The molecule has 0 radical (unpaired) electrons. The maximum absolute atomic E-state index is 13.3. The number of amides is 2. The summed E-state index contributed by atoms with van der Waals surface area (Å²) in [6, 6.07) is 12.4. The van der Waals surface area contributed by atoms with Crippen LogP contribution in [0.5, 0.6) is 5.75 Å². The molecule has 1 N–H and O–H groups in total. The van der Waals surface area contributed by atoms with Gasteiger partial charge >= 0.3 is 0 Å². The highest BCUT2D eigenvalue weighted by molar-refractivity contribution is 7.92. The third-order valence-corrected chi connectivity index (χ3v) is 6.19. The second kappa shape index (κ2) is 11.2. The van der Waals surface area contributed by atoms with Crippen molar-refractivity contribution in [1.29, 1.82) is 0 Å². The number of methoxy groups -OCH3 is 1. The molecule has 0 spiro atoms. The summed E-state index contributed by atoms with van der Waals surface area (Å²) in [5.41, 5.74) is 1.04. The van der Waals surface area contributed by atoms with Gasteiger partial charge in [0, 0.05) is 18.1 Å². The van der Waals surface area contributed by atoms with Crippen molar-refractivity contribution >= 4 is 39.1 Å². The zero-order valence-corrected chi connectivity index (χ0v) is 20.1. The van der Waals surface area contributed by atoms with Crippen molar-refractivity contribution in [1.82, 2.24) is 10.2 Å². The minimum Gasteiger partial charge on any atom is -0.497 e. The molecule has 2 aromatic rings. The van der Waals surface area contributed by atoms with Crippen molar-refractivity contribution in [2.24, 2.45) is 0 Å². The van der Waals surface area contributed by atoms with Gasteiger partial charge in [0.2, 0.25) is 21.8 Å². The number of anilines is 1. The normalized spacial score (nSPS) is 12.0. The molecule has 0 aliphatic rings. The summed E-state index contributed by atoms with van der Waals surface area (Å²) in [4.78, 5) is 27.2. The zero-order valence-electron chi connectivity index (χ0n) is 18.5. The van der Waals surface area contributed by atoms with Gasteiger partial charge in [-0.25, -0.2) is 8.42 Å². The standard InChI is InChI=1S/C22H28ClN3O5S/c1-5-24-22(28)16(2)25(14-17-7-6-8-20(13-17)31-3)21(27)15-26(32(4,29)30)19-11-9-18(23)10-12-19/h6-13,16H,5,14-15H2,1-4H3,(H,24,28). The first kappa shape index (κ1) is 25.5. The smallest absolute Gasteiger partial charge is 0.244 e. The number of carbonyl (C=O) groups is 2. The second-order valence-electron chi connectivity index (χ2n) is 7.19. The van der Waals surface area contributed by atoms with E-state index >= 15 is 0 Å². The predicted octanol–water partition coefficient (Wildman–Crippen LogP) is 2.67. The number of rotatable bonds is 10. The highest BCUT2D eigenvalue weighted by atomic mass is 35.5. The Bertz CT molecular complexity index is 1040. The fourth-order valence-corrected chi connectivity index (χ4v) is 4.07. The fraction of sp³-hybridized carbons (Fsp3) is 0.364. The van der Waals surface area contributed by atoms with Crippen molar-refractivity contribution in [3.63, 3.8) is 0 Å². The molecule has 2 amide bonds. The number of halogens is 1. The molecule has 1 atom stereocenters. The van der Waals surface area contributed by atoms with Gasteiger partial charge in [-0.1, -0.05) is 23.7 Å². The van der Waals surface area contributed by atoms with E-state index in [0.29, 0.717) is 23.0 Å². The fourth-order valence-electron chi connectivity index (χ4n) is 3.09. The van der Waals surface area contributed by atoms with Crippen LogP contribution < -0.4 is 14.4 Å². The lowest BCUT2D eigenvalue weighted by molar-refractivity contribution is -0.139. The van der Waals surface area contributed by atoms with Crippen LogP contribution in [0.4, 0.5) is 5.69 Å². The van der Waals surface area contributed by atoms with Crippen LogP contribution >= 0.6 is 11.6 Å². The summed E-state index contributed by atoms with van der Waals surface area (Å²) in [5, 5.41) is 3.15. The van der Waals surface area contributed by atoms with E-state index < -0.39 is 28.5 Å². The Morgan fingerprint density at radius 2 is 1.81 bits per heavy atom. The first-order valence-electron chi connectivity index (χ1n) is 10.00. The van der Waals surface area contributed by atoms with E-state index in [1.54, 1.807) is 50.2 Å². The highest BCUT2D eigenvalue weighted by Crippen LogP contribution is 2.22. The molecule has 174 valence electrons. The quantitative estimate of drug-likeness (QED) is 0.562. The average Bonchev–Trinajstić information content (AvgIpc) is 2.75. The number of sulfonamides is 1. The van der Waals surface area contributed by atoms with Crippen LogP contribution in [-0.2, 0) is 26.2 Å². The van der Waals surface area contributed by atoms with Gasteiger partial charge in [-0.3, -0.25) is 13.9 Å². The molecular weight excluding hydrogens is 454 g/mol. The molecule has 2 rings (SSSR count). The van der Waals surface area contributed by atoms with Gasteiger partial charge < -0.3 is 15.0 Å². The first-order chi connectivity index (χ1) is 15.1. The van der Waals surface area contributed by atoms with Crippen molar-refractivity contribution < 1.29 is 22.7 Å². The molecule has 0 saturated carbocycles. The van der Waals surface area contributed by atoms with Gasteiger partial charge in [0.1, 0.15) is 18.3 Å². The molecule has 2 aromatic carbocycles. The Balaban J connectivity index is 2.38. The molecule has 1 unspecified atom stereocenters. The van der Waals surface area contributed by atoms with E-state index in [4.69, 9.17) is 16.3 Å². The molecule has 0 saturated heterocycles. The monoisotopic (exact) mass is 481 g/mol. The van der Waals surface area contributed by atoms with Crippen molar-refractivity contribution in [2.45, 2.75) is 26.4 Å². The topological polar surface area (TPSA) is 96.0 Å². The number of hydrogen-bond acceptors (Lipinski definition) is 5. The van der Waals surface area contributed by atoms with Crippen LogP contribution in [-0.4, -0.2) is 57.6 Å². The number of carbonyl (C=O) groups excluding carboxylic acids is 2. The third kappa shape index (κ3) is 6.86. The van der Waals surface area contributed by atoms with E-state index in [2.05, 4.69) is 5.32 Å². The molecule has 8 nitrogen and oxygen atoms in total. The van der Waals surface area contributed by atoms with Gasteiger partial charge in [0.15, 0.2) is 0 Å². The van der Waals surface area contributed by atoms with E-state index in [1.165, 1.54) is 24.1 Å². The lowest BCUT2D eigenvalue weighted by Crippen LogP contribution is -2.51. The molecule has 0 fully saturated rings. The average molecular weight is 482 g/mol. The number of nitrogens with zero attached hydrogens (tertiary/aromatic N) is 2. The van der Waals surface area contributed by atoms with E-state index in [1.807, 2.05) is 0 Å². The Morgan fingerprint density at radius 3 is 2.38 bits per heavy atom. The van der Waals surface area contributed by atoms with Crippen LogP contribution in [0, 0.1) is 0 Å². The van der Waals surface area contributed by atoms with E-state index in [-0.39, 0.29) is 12.5 Å². The summed E-state index contributed by atoms with van der Waals surface area (Å²) >= 11 is 5.91. The molecule has 0 aliphatic carbocycles. The summed E-state index contributed by atoms with van der Waals surface area (Å²) < 4.78 is 31.1. The zero-order chi connectivity index (χ0) is 23.9. The third-order valence-electron chi connectivity index (χ3n) is 4.80. The van der Waals surface area contributed by atoms with E-state index in [9.17, 15) is 18.0 Å². The van der Waals surface area contributed by atoms with Crippen LogP contribution in [0.1, 0.15) is 19.4 Å². The van der Waals surface area contributed by atoms with Gasteiger partial charge in [-0.05, 0) is 55.8 Å². The van der Waals surface area contributed by atoms with Crippen molar-refractivity contribution in [3.8, 4) is 5.75 Å². The lowest BCUT2D eigenvalue weighted by atomic mass is 10.1. The SMILES string of the molecule is CCNC(=O)C(C)N(Cc1cccc(OC)c1)C(=O)CN(c1ccc(Cl)cc1)S(C)(=O)=O. The number of hydrogen-bond donors (Lipinski definition) is 1. The number of nitrogens with one attached hydrogen (secondary N) is 1. The minimum atomic E-state index is -3.78. The van der Waals surface area contributed by atoms with Gasteiger partial charge in [0.25, 0.3) is 0 Å². The molecule has 0 aromatic heterocycles. The van der Waals surface area contributed by atoms with Crippen molar-refractivity contribution in [3.05, 3.63) is 59.1 Å². The summed E-state index contributed by atoms with van der Waals surface area (Å²) in [6.45, 7) is 3.44. The largest absolute Gasteiger partial charge is 0.497 e. The Labute approximate surface area is 194 Å². The Kier molecular flexibility index (Phi) is 8.91. The van der Waals surface area contributed by atoms with Gasteiger partial charge in [-0.15, -0.1) is 0 Å². The number of likely N-dealkylation sites (N-methyl/N-ethyl adjacent to an activating group) is 1. The van der Waals surface area contributed by atoms with Gasteiger partial charge in [-0.2, -0.15) is 0 Å². The van der Waals surface area contributed by atoms with Crippen LogP contribution in [0.15, 0.2) is 48.5 Å². The maximum Gasteiger partial charge on any atom is 0.244 e. The number of ether oxygens (including phenoxy) is 1. The molecular formula is C22H28ClN3O5S. The number of benzene rings is 2. The van der Waals surface area contributed by atoms with Crippen molar-refractivity contribution in [2.75, 3.05) is 30.8 Å². The molecule has 0 heterocycles. The maximum atomic E-state index is 13.3. The highest BCUT2D eigenvalue weighted by Gasteiger charge is 2.29. The van der Waals surface area contributed by atoms with Crippen LogP contribution in [0.25, 0.3) is 0 Å². The second-order valence-corrected chi connectivity index (χ2v) is 9.53. The van der Waals surface area contributed by atoms with Crippen LogP contribution in [0.3, 0.4) is 0 Å². The van der Waals surface area contributed by atoms with E-state index in [0.717, 1.165) is 16.1 Å². The minimum absolute atomic E-state index is 0.104. The summed E-state index contributed by atoms with van der Waals surface area (Å²) in [5.74, 6) is -0.243. The molecule has 0 bridgehead atoms. The Morgan fingerprint density at radius 1 is 1.16 bits per heavy atom. The predicted molar refractivity (Wildman–Crippen MR) is 125 cm³/mol. The van der Waals surface area contributed by atoms with Crippen LogP contribution in [0.2, 0.25) is 5.02 Å². The summed E-state index contributed by atoms with van der Waals surface area (Å²) in [6.07, 6.45) is 1.02. The lowest BCUT2D eigenvalue weighted by Gasteiger charge is -2.31. The molecule has 0 aliphatic heterocycles. The first-order valence-corrected chi connectivity index (χ1v) is 12.2.